The van der Waals surface area contributed by atoms with E-state index in [4.69, 9.17) is 4.74 Å². The lowest BCUT2D eigenvalue weighted by molar-refractivity contribution is 0.282. The molecule has 3 aromatic carbocycles. The lowest BCUT2D eigenvalue weighted by atomic mass is 9.93. The quantitative estimate of drug-likeness (QED) is 0.695. The second-order valence-electron chi connectivity index (χ2n) is 6.21. The Morgan fingerprint density at radius 1 is 0.880 bits per heavy atom. The van der Waals surface area contributed by atoms with Crippen LogP contribution in [0, 0.1) is 19.7 Å². The van der Waals surface area contributed by atoms with Crippen molar-refractivity contribution in [1.82, 2.24) is 0 Å². The molecule has 0 saturated carbocycles. The van der Waals surface area contributed by atoms with E-state index in [1.165, 1.54) is 17.7 Å². The molecule has 0 atom stereocenters. The van der Waals surface area contributed by atoms with Gasteiger partial charge in [0.15, 0.2) is 0 Å². The van der Waals surface area contributed by atoms with Gasteiger partial charge in [-0.2, -0.15) is 0 Å². The number of benzene rings is 3. The Morgan fingerprint density at radius 3 is 2.20 bits per heavy atom. The fraction of sp³-hybridized carbons (Fsp3) is 0.182. The summed E-state index contributed by atoms with van der Waals surface area (Å²) < 4.78 is 18.7. The Kier molecular flexibility index (Phi) is 5.15. The molecule has 0 unspecified atom stereocenters. The zero-order valence-corrected chi connectivity index (χ0v) is 14.4. The highest BCUT2D eigenvalue weighted by atomic mass is 19.1. The Balaban J connectivity index is 1.83. The molecule has 0 aliphatic carbocycles. The monoisotopic (exact) mass is 336 g/mol. The highest BCUT2D eigenvalue weighted by Crippen LogP contribution is 2.29. The second kappa shape index (κ2) is 7.49. The van der Waals surface area contributed by atoms with E-state index in [1.54, 1.807) is 12.1 Å². The van der Waals surface area contributed by atoms with Crippen LogP contribution in [-0.4, -0.2) is 5.11 Å². The van der Waals surface area contributed by atoms with Crippen molar-refractivity contribution in [3.63, 3.8) is 0 Å². The molecule has 0 amide bonds. The molecule has 0 aliphatic heterocycles. The summed E-state index contributed by atoms with van der Waals surface area (Å²) in [6.45, 7) is 4.63. The van der Waals surface area contributed by atoms with E-state index in [0.717, 1.165) is 27.8 Å². The number of rotatable bonds is 5. The largest absolute Gasteiger partial charge is 0.489 e. The normalized spacial score (nSPS) is 10.7. The molecule has 0 radical (unpaired) electrons. The first-order valence-electron chi connectivity index (χ1n) is 8.25. The van der Waals surface area contributed by atoms with Crippen LogP contribution in [0.25, 0.3) is 11.1 Å². The van der Waals surface area contributed by atoms with Gasteiger partial charge in [0.2, 0.25) is 0 Å². The van der Waals surface area contributed by atoms with Crippen molar-refractivity contribution in [2.45, 2.75) is 27.1 Å². The van der Waals surface area contributed by atoms with Gasteiger partial charge in [0.25, 0.3) is 0 Å². The van der Waals surface area contributed by atoms with Gasteiger partial charge in [0, 0.05) is 0 Å². The molecule has 0 saturated heterocycles. The molecule has 0 aromatic heterocycles. The topological polar surface area (TPSA) is 29.5 Å². The SMILES string of the molecule is Cc1cc(COc2ccc(F)cc2)cc(C)c1-c1cccc(CO)c1. The van der Waals surface area contributed by atoms with Crippen molar-refractivity contribution < 1.29 is 14.2 Å². The van der Waals surface area contributed by atoms with E-state index < -0.39 is 0 Å². The number of halogens is 1. The highest BCUT2D eigenvalue weighted by molar-refractivity contribution is 5.71. The predicted octanol–water partition coefficient (Wildman–Crippen LogP) is 5.18. The maximum atomic E-state index is 12.9. The van der Waals surface area contributed by atoms with Crippen molar-refractivity contribution >= 4 is 0 Å². The number of ether oxygens (including phenoxy) is 1. The van der Waals surface area contributed by atoms with Crippen LogP contribution in [0.5, 0.6) is 5.75 Å². The number of aliphatic hydroxyl groups is 1. The minimum Gasteiger partial charge on any atom is -0.489 e. The van der Waals surface area contributed by atoms with Gasteiger partial charge in [0.1, 0.15) is 18.2 Å². The zero-order valence-electron chi connectivity index (χ0n) is 14.4. The number of hydrogen-bond acceptors (Lipinski definition) is 2. The third-order valence-electron chi connectivity index (χ3n) is 4.21. The number of aliphatic hydroxyl groups excluding tert-OH is 1. The van der Waals surface area contributed by atoms with Gasteiger partial charge in [-0.1, -0.05) is 30.3 Å². The summed E-state index contributed by atoms with van der Waals surface area (Å²) in [5.41, 5.74) is 6.58. The molecule has 0 spiro atoms. The van der Waals surface area contributed by atoms with Crippen molar-refractivity contribution in [2.75, 3.05) is 0 Å². The highest BCUT2D eigenvalue weighted by Gasteiger charge is 2.09. The third kappa shape index (κ3) is 4.06. The number of aryl methyl sites for hydroxylation is 2. The van der Waals surface area contributed by atoms with Crippen LogP contribution >= 0.6 is 0 Å². The van der Waals surface area contributed by atoms with Gasteiger partial charge in [-0.15, -0.1) is 0 Å². The molecular formula is C22H21FO2. The summed E-state index contributed by atoms with van der Waals surface area (Å²) in [7, 11) is 0. The van der Waals surface area contributed by atoms with E-state index in [9.17, 15) is 9.50 Å². The molecule has 0 fully saturated rings. The predicted molar refractivity (Wildman–Crippen MR) is 98.0 cm³/mol. The first-order valence-corrected chi connectivity index (χ1v) is 8.25. The molecule has 0 aliphatic rings. The summed E-state index contributed by atoms with van der Waals surface area (Å²) in [4.78, 5) is 0. The Morgan fingerprint density at radius 2 is 1.56 bits per heavy atom. The minimum absolute atomic E-state index is 0.0372. The molecular weight excluding hydrogens is 315 g/mol. The second-order valence-corrected chi connectivity index (χ2v) is 6.21. The first kappa shape index (κ1) is 17.2. The van der Waals surface area contributed by atoms with Gasteiger partial charge in [0.05, 0.1) is 6.61 Å². The van der Waals surface area contributed by atoms with E-state index in [0.29, 0.717) is 12.4 Å². The Bertz CT molecular complexity index is 846. The van der Waals surface area contributed by atoms with Crippen LogP contribution in [0.3, 0.4) is 0 Å². The average molecular weight is 336 g/mol. The standard InChI is InChI=1S/C22H21FO2/c1-15-10-18(14-25-21-8-6-20(23)7-9-21)11-16(2)22(15)19-5-3-4-17(12-19)13-24/h3-12,24H,13-14H2,1-2H3. The Hall–Kier alpha value is -2.65. The fourth-order valence-corrected chi connectivity index (χ4v) is 3.11. The molecule has 3 heteroatoms. The maximum absolute atomic E-state index is 12.9. The summed E-state index contributed by atoms with van der Waals surface area (Å²) in [5, 5.41) is 9.35. The van der Waals surface area contributed by atoms with Gasteiger partial charge in [-0.25, -0.2) is 4.39 Å². The van der Waals surface area contributed by atoms with E-state index in [1.807, 2.05) is 18.2 Å². The lowest BCUT2D eigenvalue weighted by Crippen LogP contribution is -1.99. The number of hydrogen-bond donors (Lipinski definition) is 1. The summed E-state index contributed by atoms with van der Waals surface area (Å²) in [6, 6.07) is 18.2. The van der Waals surface area contributed by atoms with E-state index in [2.05, 4.69) is 32.0 Å². The van der Waals surface area contributed by atoms with Gasteiger partial charge >= 0.3 is 0 Å². The lowest BCUT2D eigenvalue weighted by Gasteiger charge is -2.14. The molecule has 2 nitrogen and oxygen atoms in total. The Labute approximate surface area is 147 Å². The fourth-order valence-electron chi connectivity index (χ4n) is 3.11. The molecule has 1 N–H and O–H groups in total. The first-order chi connectivity index (χ1) is 12.1. The van der Waals surface area contributed by atoms with Crippen molar-refractivity contribution in [1.29, 1.82) is 0 Å². The van der Waals surface area contributed by atoms with E-state index in [-0.39, 0.29) is 12.4 Å². The van der Waals surface area contributed by atoms with E-state index >= 15 is 0 Å². The smallest absolute Gasteiger partial charge is 0.123 e. The van der Waals surface area contributed by atoms with Crippen LogP contribution in [-0.2, 0) is 13.2 Å². The van der Waals surface area contributed by atoms with Gasteiger partial charge in [-0.3, -0.25) is 0 Å². The molecule has 3 aromatic rings. The van der Waals surface area contributed by atoms with Crippen molar-refractivity contribution in [2.24, 2.45) is 0 Å². The summed E-state index contributed by atoms with van der Waals surface area (Å²) in [6.07, 6.45) is 0. The van der Waals surface area contributed by atoms with Crippen LogP contribution < -0.4 is 4.74 Å². The van der Waals surface area contributed by atoms with Crippen LogP contribution in [0.4, 0.5) is 4.39 Å². The summed E-state index contributed by atoms with van der Waals surface area (Å²) >= 11 is 0. The zero-order chi connectivity index (χ0) is 17.8. The average Bonchev–Trinajstić information content (AvgIpc) is 2.61. The molecule has 0 heterocycles. The molecule has 3 rings (SSSR count). The third-order valence-corrected chi connectivity index (χ3v) is 4.21. The van der Waals surface area contributed by atoms with Gasteiger partial charge < -0.3 is 9.84 Å². The van der Waals surface area contributed by atoms with Crippen LogP contribution in [0.15, 0.2) is 60.7 Å². The van der Waals surface area contributed by atoms with Crippen LogP contribution in [0.1, 0.15) is 22.3 Å². The van der Waals surface area contributed by atoms with Crippen molar-refractivity contribution in [3.05, 3.63) is 88.7 Å². The molecule has 25 heavy (non-hydrogen) atoms. The molecule has 0 bridgehead atoms. The van der Waals surface area contributed by atoms with Gasteiger partial charge in [-0.05, 0) is 77.6 Å². The minimum atomic E-state index is -0.270. The van der Waals surface area contributed by atoms with Crippen molar-refractivity contribution in [3.8, 4) is 16.9 Å². The maximum Gasteiger partial charge on any atom is 0.123 e. The summed E-state index contributed by atoms with van der Waals surface area (Å²) in [5.74, 6) is 0.380. The molecule has 128 valence electrons. The van der Waals surface area contributed by atoms with Crippen LogP contribution in [0.2, 0.25) is 0 Å².